The zero-order chi connectivity index (χ0) is 18.0. The van der Waals surface area contributed by atoms with Crippen molar-refractivity contribution >= 4 is 46.4 Å². The van der Waals surface area contributed by atoms with Gasteiger partial charge in [-0.2, -0.15) is 0 Å². The fourth-order valence-electron chi connectivity index (χ4n) is 2.62. The van der Waals surface area contributed by atoms with E-state index in [1.165, 1.54) is 11.3 Å². The van der Waals surface area contributed by atoms with Crippen LogP contribution in [0.5, 0.6) is 0 Å². The number of hydrogen-bond donors (Lipinski definition) is 1. The van der Waals surface area contributed by atoms with Crippen LogP contribution < -0.4 is 5.73 Å². The number of hydrogen-bond acceptors (Lipinski definition) is 5. The molecule has 0 aliphatic carbocycles. The predicted molar refractivity (Wildman–Crippen MR) is 98.3 cm³/mol. The summed E-state index contributed by atoms with van der Waals surface area (Å²) < 4.78 is 0. The second-order valence-corrected chi connectivity index (χ2v) is 7.24. The number of piperazine rings is 1. The summed E-state index contributed by atoms with van der Waals surface area (Å²) in [6.07, 6.45) is 0. The Bertz CT molecular complexity index is 803. The molecule has 9 heteroatoms. The van der Waals surface area contributed by atoms with Crippen LogP contribution in [0.15, 0.2) is 23.6 Å². The molecule has 6 nitrogen and oxygen atoms in total. The highest BCUT2D eigenvalue weighted by atomic mass is 35.5. The first-order valence-electron chi connectivity index (χ1n) is 7.68. The van der Waals surface area contributed by atoms with Gasteiger partial charge in [0.25, 0.3) is 11.8 Å². The van der Waals surface area contributed by atoms with Gasteiger partial charge in [-0.05, 0) is 12.1 Å². The molecule has 1 aliphatic heterocycles. The van der Waals surface area contributed by atoms with Crippen molar-refractivity contribution < 1.29 is 9.59 Å². The lowest BCUT2D eigenvalue weighted by Gasteiger charge is -2.34. The third kappa shape index (κ3) is 3.79. The van der Waals surface area contributed by atoms with Crippen LogP contribution in [0, 0.1) is 0 Å². The summed E-state index contributed by atoms with van der Waals surface area (Å²) in [6.45, 7) is 2.07. The Hall–Kier alpha value is -1.67. The Morgan fingerprint density at radius 1 is 1.12 bits per heavy atom. The Balaban J connectivity index is 1.64. The first-order chi connectivity index (χ1) is 12.0. The molecule has 0 bridgehead atoms. The van der Waals surface area contributed by atoms with Crippen molar-refractivity contribution in [2.45, 2.75) is 6.54 Å². The van der Waals surface area contributed by atoms with Crippen LogP contribution in [-0.2, 0) is 6.54 Å². The summed E-state index contributed by atoms with van der Waals surface area (Å²) in [6, 6.07) is 4.98. The van der Waals surface area contributed by atoms with Crippen LogP contribution >= 0.6 is 34.5 Å². The van der Waals surface area contributed by atoms with Gasteiger partial charge in [0.1, 0.15) is 10.7 Å². The summed E-state index contributed by atoms with van der Waals surface area (Å²) >= 11 is 13.5. The van der Waals surface area contributed by atoms with Crippen LogP contribution in [-0.4, -0.2) is 52.8 Å². The fourth-order valence-corrected chi connectivity index (χ4v) is 3.65. The molecule has 2 amide bonds. The SMILES string of the molecule is NCc1nc(C(=O)N2CCN(C(=O)c3cccc(Cl)c3Cl)CC2)cs1. The maximum atomic E-state index is 12.6. The van der Waals surface area contributed by atoms with E-state index < -0.39 is 0 Å². The normalized spacial score (nSPS) is 14.7. The minimum atomic E-state index is -0.182. The van der Waals surface area contributed by atoms with Gasteiger partial charge in [-0.15, -0.1) is 11.3 Å². The summed E-state index contributed by atoms with van der Waals surface area (Å²) in [7, 11) is 0. The van der Waals surface area contributed by atoms with Crippen molar-refractivity contribution in [2.75, 3.05) is 26.2 Å². The second kappa shape index (κ2) is 7.70. The van der Waals surface area contributed by atoms with E-state index in [0.29, 0.717) is 49.0 Å². The number of carbonyl (C=O) groups excluding carboxylic acids is 2. The van der Waals surface area contributed by atoms with Crippen LogP contribution in [0.4, 0.5) is 0 Å². The lowest BCUT2D eigenvalue weighted by Crippen LogP contribution is -2.50. The molecule has 0 radical (unpaired) electrons. The predicted octanol–water partition coefficient (Wildman–Crippen LogP) is 2.51. The van der Waals surface area contributed by atoms with Crippen LogP contribution in [0.2, 0.25) is 10.0 Å². The van der Waals surface area contributed by atoms with Crippen molar-refractivity contribution in [2.24, 2.45) is 5.73 Å². The maximum Gasteiger partial charge on any atom is 0.273 e. The van der Waals surface area contributed by atoms with Crippen molar-refractivity contribution in [3.8, 4) is 0 Å². The van der Waals surface area contributed by atoms with Crippen LogP contribution in [0.25, 0.3) is 0 Å². The van der Waals surface area contributed by atoms with E-state index in [1.807, 2.05) is 0 Å². The number of benzene rings is 1. The van der Waals surface area contributed by atoms with E-state index in [2.05, 4.69) is 4.98 Å². The minimum Gasteiger partial charge on any atom is -0.335 e. The number of halogens is 2. The fraction of sp³-hybridized carbons (Fsp3) is 0.312. The van der Waals surface area contributed by atoms with E-state index >= 15 is 0 Å². The van der Waals surface area contributed by atoms with Crippen molar-refractivity contribution in [3.63, 3.8) is 0 Å². The summed E-state index contributed by atoms with van der Waals surface area (Å²) in [4.78, 5) is 32.7. The first kappa shape index (κ1) is 18.1. The lowest BCUT2D eigenvalue weighted by molar-refractivity contribution is 0.0532. The molecule has 132 valence electrons. The molecule has 1 fully saturated rings. The topological polar surface area (TPSA) is 79.5 Å². The molecule has 25 heavy (non-hydrogen) atoms. The molecule has 1 saturated heterocycles. The van der Waals surface area contributed by atoms with Crippen LogP contribution in [0.1, 0.15) is 25.9 Å². The maximum absolute atomic E-state index is 12.6. The van der Waals surface area contributed by atoms with Crippen molar-refractivity contribution in [1.29, 1.82) is 0 Å². The zero-order valence-corrected chi connectivity index (χ0v) is 15.6. The molecular formula is C16H16Cl2N4O2S. The molecule has 1 aromatic carbocycles. The van der Waals surface area contributed by atoms with Gasteiger partial charge in [-0.25, -0.2) is 4.98 Å². The van der Waals surface area contributed by atoms with Gasteiger partial charge >= 0.3 is 0 Å². The molecule has 0 spiro atoms. The van der Waals surface area contributed by atoms with E-state index in [9.17, 15) is 9.59 Å². The number of rotatable bonds is 3. The van der Waals surface area contributed by atoms with E-state index in [0.717, 1.165) is 5.01 Å². The number of thiazole rings is 1. The highest BCUT2D eigenvalue weighted by Gasteiger charge is 2.27. The Labute approximate surface area is 159 Å². The standard InChI is InChI=1S/C16H16Cl2N4O2S/c17-11-3-1-2-10(14(11)18)15(23)21-4-6-22(7-5-21)16(24)12-9-25-13(8-19)20-12/h1-3,9H,4-8,19H2. The van der Waals surface area contributed by atoms with Gasteiger partial charge in [0.15, 0.2) is 0 Å². The summed E-state index contributed by atoms with van der Waals surface area (Å²) in [5.41, 5.74) is 6.31. The van der Waals surface area contributed by atoms with E-state index in [4.69, 9.17) is 28.9 Å². The smallest absolute Gasteiger partial charge is 0.273 e. The Morgan fingerprint density at radius 2 is 1.76 bits per heavy atom. The molecule has 0 saturated carbocycles. The monoisotopic (exact) mass is 398 g/mol. The molecule has 1 aliphatic rings. The molecule has 2 N–H and O–H groups in total. The Kier molecular flexibility index (Phi) is 5.58. The highest BCUT2D eigenvalue weighted by Crippen LogP contribution is 2.27. The van der Waals surface area contributed by atoms with E-state index in [-0.39, 0.29) is 16.8 Å². The Morgan fingerprint density at radius 3 is 2.36 bits per heavy atom. The average Bonchev–Trinajstić information content (AvgIpc) is 3.12. The zero-order valence-electron chi connectivity index (χ0n) is 13.2. The third-order valence-electron chi connectivity index (χ3n) is 3.98. The molecule has 2 aromatic rings. The van der Waals surface area contributed by atoms with Crippen molar-refractivity contribution in [3.05, 3.63) is 49.9 Å². The highest BCUT2D eigenvalue weighted by molar-refractivity contribution is 7.09. The first-order valence-corrected chi connectivity index (χ1v) is 9.32. The average molecular weight is 399 g/mol. The van der Waals surface area contributed by atoms with E-state index in [1.54, 1.807) is 33.4 Å². The number of carbonyl (C=O) groups is 2. The molecule has 0 atom stereocenters. The minimum absolute atomic E-state index is 0.135. The number of nitrogens with two attached hydrogens (primary N) is 1. The lowest BCUT2D eigenvalue weighted by atomic mass is 10.1. The molecule has 1 aromatic heterocycles. The largest absolute Gasteiger partial charge is 0.335 e. The number of amides is 2. The van der Waals surface area contributed by atoms with Crippen molar-refractivity contribution in [1.82, 2.24) is 14.8 Å². The van der Waals surface area contributed by atoms with Gasteiger partial charge in [0, 0.05) is 38.1 Å². The second-order valence-electron chi connectivity index (χ2n) is 5.52. The van der Waals surface area contributed by atoms with Gasteiger partial charge < -0.3 is 15.5 Å². The molecule has 2 heterocycles. The third-order valence-corrected chi connectivity index (χ3v) is 5.67. The molecule has 3 rings (SSSR count). The van der Waals surface area contributed by atoms with Gasteiger partial charge in [0.2, 0.25) is 0 Å². The molecule has 0 unspecified atom stereocenters. The summed E-state index contributed by atoms with van der Waals surface area (Å²) in [5, 5.41) is 3.05. The number of aromatic nitrogens is 1. The van der Waals surface area contributed by atoms with Gasteiger partial charge in [0.05, 0.1) is 15.6 Å². The van der Waals surface area contributed by atoms with Gasteiger partial charge in [-0.3, -0.25) is 9.59 Å². The quantitative estimate of drug-likeness (QED) is 0.860. The van der Waals surface area contributed by atoms with Gasteiger partial charge in [-0.1, -0.05) is 29.3 Å². The molecular weight excluding hydrogens is 383 g/mol. The summed E-state index contributed by atoms with van der Waals surface area (Å²) in [5.74, 6) is -0.317. The van der Waals surface area contributed by atoms with Crippen LogP contribution in [0.3, 0.4) is 0 Å². The number of nitrogens with zero attached hydrogens (tertiary/aromatic N) is 3.